The number of aliphatic carboxylic acids is 1. The zero-order valence-electron chi connectivity index (χ0n) is 11.1. The largest absolute Gasteiger partial charge is 0.479 e. The summed E-state index contributed by atoms with van der Waals surface area (Å²) in [7, 11) is 0. The van der Waals surface area contributed by atoms with Crippen molar-refractivity contribution < 1.29 is 19.1 Å². The summed E-state index contributed by atoms with van der Waals surface area (Å²) in [6.45, 7) is 3.69. The monoisotopic (exact) mass is 267 g/mol. The number of carboxylic acids is 1. The molecule has 1 rings (SSSR count). The van der Waals surface area contributed by atoms with Gasteiger partial charge in [0.2, 0.25) is 6.41 Å². The molecule has 0 saturated carbocycles. The van der Waals surface area contributed by atoms with Crippen molar-refractivity contribution in [3.63, 3.8) is 0 Å². The van der Waals surface area contributed by atoms with Crippen LogP contribution in [0.4, 0.5) is 4.39 Å². The molecule has 1 N–H and O–H groups in total. The molecule has 4 nitrogen and oxygen atoms in total. The van der Waals surface area contributed by atoms with Crippen LogP contribution in [0.3, 0.4) is 0 Å². The SMILES string of the molecule is CCCN(C=O)C(C)(Cc1cccc(F)c1)C(=O)O. The summed E-state index contributed by atoms with van der Waals surface area (Å²) >= 11 is 0. The van der Waals surface area contributed by atoms with E-state index in [1.165, 1.54) is 30.0 Å². The van der Waals surface area contributed by atoms with Crippen LogP contribution in [0.25, 0.3) is 0 Å². The number of carbonyl (C=O) groups is 2. The highest BCUT2D eigenvalue weighted by atomic mass is 19.1. The normalized spacial score (nSPS) is 13.6. The second-order valence-electron chi connectivity index (χ2n) is 4.68. The minimum absolute atomic E-state index is 0.0683. The highest BCUT2D eigenvalue weighted by molar-refractivity contribution is 5.81. The van der Waals surface area contributed by atoms with Crippen LogP contribution in [-0.4, -0.2) is 34.5 Å². The van der Waals surface area contributed by atoms with Gasteiger partial charge in [0.15, 0.2) is 0 Å². The van der Waals surface area contributed by atoms with Crippen LogP contribution in [0.5, 0.6) is 0 Å². The summed E-state index contributed by atoms with van der Waals surface area (Å²) < 4.78 is 13.1. The van der Waals surface area contributed by atoms with Crippen LogP contribution in [0.15, 0.2) is 24.3 Å². The molecule has 0 aliphatic heterocycles. The number of benzene rings is 1. The summed E-state index contributed by atoms with van der Waals surface area (Å²) in [5.41, 5.74) is -0.821. The fraction of sp³-hybridized carbons (Fsp3) is 0.429. The molecule has 1 aromatic rings. The molecule has 0 saturated heterocycles. The van der Waals surface area contributed by atoms with E-state index in [0.29, 0.717) is 24.9 Å². The average molecular weight is 267 g/mol. The van der Waals surface area contributed by atoms with Crippen molar-refractivity contribution in [1.29, 1.82) is 0 Å². The van der Waals surface area contributed by atoms with E-state index in [4.69, 9.17) is 0 Å². The van der Waals surface area contributed by atoms with E-state index in [0.717, 1.165) is 0 Å². The zero-order chi connectivity index (χ0) is 14.5. The third kappa shape index (κ3) is 3.53. The Morgan fingerprint density at radius 3 is 2.68 bits per heavy atom. The molecule has 0 aliphatic carbocycles. The summed E-state index contributed by atoms with van der Waals surface area (Å²) in [6.07, 6.45) is 1.26. The first-order valence-corrected chi connectivity index (χ1v) is 6.14. The standard InChI is InChI=1S/C14H18FNO3/c1-3-7-16(10-17)14(2,13(18)19)9-11-5-4-6-12(15)8-11/h4-6,8,10H,3,7,9H2,1-2H3,(H,18,19). The third-order valence-electron chi connectivity index (χ3n) is 3.12. The first-order valence-electron chi connectivity index (χ1n) is 6.14. The molecule has 1 unspecified atom stereocenters. The van der Waals surface area contributed by atoms with Crippen molar-refractivity contribution in [2.24, 2.45) is 0 Å². The van der Waals surface area contributed by atoms with Gasteiger partial charge in [0.05, 0.1) is 0 Å². The highest BCUT2D eigenvalue weighted by Crippen LogP contribution is 2.21. The van der Waals surface area contributed by atoms with E-state index >= 15 is 0 Å². The first kappa shape index (κ1) is 15.1. The molecular weight excluding hydrogens is 249 g/mol. The van der Waals surface area contributed by atoms with Crippen LogP contribution in [0.1, 0.15) is 25.8 Å². The molecule has 1 atom stereocenters. The minimum Gasteiger partial charge on any atom is -0.479 e. The van der Waals surface area contributed by atoms with Crippen molar-refractivity contribution in [1.82, 2.24) is 4.90 Å². The van der Waals surface area contributed by atoms with Crippen LogP contribution >= 0.6 is 0 Å². The van der Waals surface area contributed by atoms with Crippen LogP contribution < -0.4 is 0 Å². The lowest BCUT2D eigenvalue weighted by molar-refractivity contribution is -0.154. The molecule has 1 amide bonds. The number of amides is 1. The van der Waals surface area contributed by atoms with Gasteiger partial charge in [0.1, 0.15) is 11.4 Å². The molecule has 0 aliphatic rings. The van der Waals surface area contributed by atoms with Gasteiger partial charge in [-0.05, 0) is 31.0 Å². The van der Waals surface area contributed by atoms with E-state index in [-0.39, 0.29) is 6.42 Å². The second kappa shape index (κ2) is 6.31. The van der Waals surface area contributed by atoms with Gasteiger partial charge in [-0.15, -0.1) is 0 Å². The van der Waals surface area contributed by atoms with Gasteiger partial charge in [-0.2, -0.15) is 0 Å². The number of nitrogens with zero attached hydrogens (tertiary/aromatic N) is 1. The lowest BCUT2D eigenvalue weighted by atomic mass is 9.91. The molecule has 0 heterocycles. The highest BCUT2D eigenvalue weighted by Gasteiger charge is 2.38. The fourth-order valence-electron chi connectivity index (χ4n) is 2.00. The molecular formula is C14H18FNO3. The Morgan fingerprint density at radius 1 is 1.53 bits per heavy atom. The maximum Gasteiger partial charge on any atom is 0.329 e. The Bertz CT molecular complexity index is 464. The molecule has 0 bridgehead atoms. The fourth-order valence-corrected chi connectivity index (χ4v) is 2.00. The summed E-state index contributed by atoms with van der Waals surface area (Å²) in [4.78, 5) is 23.8. The Kier molecular flexibility index (Phi) is 5.03. The maximum atomic E-state index is 13.1. The molecule has 19 heavy (non-hydrogen) atoms. The van der Waals surface area contributed by atoms with Gasteiger partial charge < -0.3 is 10.0 Å². The second-order valence-corrected chi connectivity index (χ2v) is 4.68. The Morgan fingerprint density at radius 2 is 2.21 bits per heavy atom. The minimum atomic E-state index is -1.37. The van der Waals surface area contributed by atoms with Crippen molar-refractivity contribution in [3.8, 4) is 0 Å². The van der Waals surface area contributed by atoms with Gasteiger partial charge in [-0.1, -0.05) is 19.1 Å². The number of halogens is 1. The van der Waals surface area contributed by atoms with Crippen LogP contribution in [-0.2, 0) is 16.0 Å². The molecule has 5 heteroatoms. The molecule has 0 aromatic heterocycles. The number of carbonyl (C=O) groups excluding carboxylic acids is 1. The van der Waals surface area contributed by atoms with Gasteiger partial charge in [0.25, 0.3) is 0 Å². The predicted octanol–water partition coefficient (Wildman–Crippen LogP) is 2.08. The van der Waals surface area contributed by atoms with Crippen LogP contribution in [0, 0.1) is 5.82 Å². The number of hydrogen-bond acceptors (Lipinski definition) is 2. The number of carboxylic acid groups (broad SMARTS) is 1. The van der Waals surface area contributed by atoms with Crippen molar-refractivity contribution in [2.75, 3.05) is 6.54 Å². The molecule has 0 spiro atoms. The van der Waals surface area contributed by atoms with Crippen LogP contribution in [0.2, 0.25) is 0 Å². The molecule has 0 fully saturated rings. The Labute approximate surface area is 111 Å². The molecule has 104 valence electrons. The first-order chi connectivity index (χ1) is 8.93. The van der Waals surface area contributed by atoms with Crippen molar-refractivity contribution in [3.05, 3.63) is 35.6 Å². The van der Waals surface area contributed by atoms with E-state index in [9.17, 15) is 19.1 Å². The average Bonchev–Trinajstić information content (AvgIpc) is 2.35. The Hall–Kier alpha value is -1.91. The van der Waals surface area contributed by atoms with Gasteiger partial charge >= 0.3 is 5.97 Å². The van der Waals surface area contributed by atoms with Gasteiger partial charge in [0, 0.05) is 13.0 Å². The van der Waals surface area contributed by atoms with Gasteiger partial charge in [-0.3, -0.25) is 4.79 Å². The number of hydrogen-bond donors (Lipinski definition) is 1. The summed E-state index contributed by atoms with van der Waals surface area (Å²) in [5, 5.41) is 9.40. The molecule has 1 aromatic carbocycles. The third-order valence-corrected chi connectivity index (χ3v) is 3.12. The Balaban J connectivity index is 3.05. The summed E-state index contributed by atoms with van der Waals surface area (Å²) in [5.74, 6) is -1.52. The maximum absolute atomic E-state index is 13.1. The smallest absolute Gasteiger partial charge is 0.329 e. The quantitative estimate of drug-likeness (QED) is 0.769. The van der Waals surface area contributed by atoms with Gasteiger partial charge in [-0.25, -0.2) is 9.18 Å². The van der Waals surface area contributed by atoms with E-state index < -0.39 is 17.3 Å². The lowest BCUT2D eigenvalue weighted by Gasteiger charge is -2.35. The topological polar surface area (TPSA) is 57.6 Å². The number of rotatable bonds is 7. The zero-order valence-corrected chi connectivity index (χ0v) is 11.1. The lowest BCUT2D eigenvalue weighted by Crippen LogP contribution is -2.53. The van der Waals surface area contributed by atoms with E-state index in [2.05, 4.69) is 0 Å². The summed E-state index contributed by atoms with van der Waals surface area (Å²) in [6, 6.07) is 5.76. The van der Waals surface area contributed by atoms with Crippen molar-refractivity contribution in [2.45, 2.75) is 32.2 Å². The van der Waals surface area contributed by atoms with E-state index in [1.807, 2.05) is 6.92 Å². The molecule has 0 radical (unpaired) electrons. The van der Waals surface area contributed by atoms with E-state index in [1.54, 1.807) is 6.07 Å². The van der Waals surface area contributed by atoms with Crippen molar-refractivity contribution >= 4 is 12.4 Å². The predicted molar refractivity (Wildman–Crippen MR) is 69.2 cm³/mol.